The fourth-order valence-electron chi connectivity index (χ4n) is 0.428. The van der Waals surface area contributed by atoms with Crippen molar-refractivity contribution >= 4 is 0 Å². The zero-order valence-electron chi connectivity index (χ0n) is 4.78. The Morgan fingerprint density at radius 3 is 1.67 bits per heavy atom. The van der Waals surface area contributed by atoms with E-state index in [1.807, 2.05) is 6.07 Å². The van der Waals surface area contributed by atoms with Crippen LogP contribution in [0.25, 0.3) is 0 Å². The van der Waals surface area contributed by atoms with Gasteiger partial charge in [-0.05, 0) is 12.1 Å². The maximum atomic E-state index is 8.63. The van der Waals surface area contributed by atoms with Crippen LogP contribution in [-0.2, 0) is 18.6 Å². The smallest absolute Gasteiger partial charge is 0.115 e. The molecule has 0 aromatic heterocycles. The van der Waals surface area contributed by atoms with Gasteiger partial charge < -0.3 is 10.6 Å². The molecule has 3 heteroatoms. The Labute approximate surface area is 65.7 Å². The molecule has 9 heavy (non-hydrogen) atoms. The van der Waals surface area contributed by atoms with Crippen molar-refractivity contribution in [3.05, 3.63) is 30.3 Å². The van der Waals surface area contributed by atoms with Crippen molar-refractivity contribution in [3.63, 3.8) is 0 Å². The molecule has 0 aliphatic rings. The number of phenolic OH excluding ortho intramolecular Hbond substituents is 1. The van der Waals surface area contributed by atoms with Crippen LogP contribution < -0.4 is 0 Å². The van der Waals surface area contributed by atoms with Gasteiger partial charge in [0.05, 0.1) is 0 Å². The van der Waals surface area contributed by atoms with E-state index >= 15 is 0 Å². The van der Waals surface area contributed by atoms with Crippen LogP contribution in [0.3, 0.4) is 0 Å². The molecule has 1 rings (SSSR count). The molecule has 0 unspecified atom stereocenters. The molecule has 0 fully saturated rings. The van der Waals surface area contributed by atoms with Gasteiger partial charge in [-0.15, -0.1) is 0 Å². The average molecular weight is 163 g/mol. The molecule has 1 radical (unpaired) electrons. The second kappa shape index (κ2) is 5.70. The minimum Gasteiger partial charge on any atom is -0.508 e. The summed E-state index contributed by atoms with van der Waals surface area (Å²) in [6.07, 6.45) is 0. The molecular weight excluding hydrogens is 155 g/mol. The van der Waals surface area contributed by atoms with E-state index in [1.165, 1.54) is 0 Å². The summed E-state index contributed by atoms with van der Waals surface area (Å²) in [5.74, 6) is 0.322. The fraction of sp³-hybridized carbons (Fsp3) is 0. The van der Waals surface area contributed by atoms with Crippen molar-refractivity contribution in [2.75, 3.05) is 0 Å². The van der Waals surface area contributed by atoms with Gasteiger partial charge >= 0.3 is 0 Å². The maximum Gasteiger partial charge on any atom is 0.115 e. The van der Waals surface area contributed by atoms with Crippen LogP contribution >= 0.6 is 0 Å². The Morgan fingerprint density at radius 2 is 1.44 bits per heavy atom. The first kappa shape index (κ1) is 11.4. The fourth-order valence-corrected chi connectivity index (χ4v) is 0.428. The topological polar surface area (TPSA) is 51.7 Å². The molecule has 0 spiro atoms. The molecule has 0 aliphatic heterocycles. The molecule has 2 nitrogen and oxygen atoms in total. The van der Waals surface area contributed by atoms with Crippen molar-refractivity contribution in [3.8, 4) is 5.75 Å². The largest absolute Gasteiger partial charge is 0.508 e. The van der Waals surface area contributed by atoms with E-state index < -0.39 is 0 Å². The van der Waals surface area contributed by atoms with Gasteiger partial charge in [0, 0.05) is 18.6 Å². The van der Waals surface area contributed by atoms with Crippen LogP contribution in [-0.4, -0.2) is 10.6 Å². The van der Waals surface area contributed by atoms with E-state index in [0.717, 1.165) is 0 Å². The third kappa shape index (κ3) is 4.09. The summed E-state index contributed by atoms with van der Waals surface area (Å²) in [6, 6.07) is 8.71. The number of hydrogen-bond donors (Lipinski definition) is 1. The molecule has 0 bridgehead atoms. The number of aromatic hydroxyl groups is 1. The summed E-state index contributed by atoms with van der Waals surface area (Å²) >= 11 is 0. The summed E-state index contributed by atoms with van der Waals surface area (Å²) in [5, 5.41) is 8.63. The van der Waals surface area contributed by atoms with E-state index in [2.05, 4.69) is 0 Å². The van der Waals surface area contributed by atoms with E-state index in [9.17, 15) is 0 Å². The Kier molecular flexibility index (Phi) is 7.20. The van der Waals surface area contributed by atoms with Crippen molar-refractivity contribution in [1.29, 1.82) is 0 Å². The molecule has 0 heterocycles. The number of rotatable bonds is 0. The van der Waals surface area contributed by atoms with Crippen molar-refractivity contribution in [1.82, 2.24) is 0 Å². The van der Waals surface area contributed by atoms with Crippen molar-refractivity contribution in [2.24, 2.45) is 0 Å². The molecular formula is C6H8O2V. The molecule has 0 saturated heterocycles. The molecule has 1 aromatic rings. The summed E-state index contributed by atoms with van der Waals surface area (Å²) in [6.45, 7) is 0. The second-order valence-electron chi connectivity index (χ2n) is 1.34. The Balaban J connectivity index is 0. The Hall–Kier alpha value is -0.436. The SMILES string of the molecule is O.Oc1ccccc1.[V]. The average Bonchev–Trinajstić information content (AvgIpc) is 1.69. The molecule has 49 valence electrons. The summed E-state index contributed by atoms with van der Waals surface area (Å²) in [4.78, 5) is 0. The first-order valence-corrected chi connectivity index (χ1v) is 2.13. The minimum atomic E-state index is 0. The van der Waals surface area contributed by atoms with Gasteiger partial charge in [0.2, 0.25) is 0 Å². The second-order valence-corrected chi connectivity index (χ2v) is 1.34. The summed E-state index contributed by atoms with van der Waals surface area (Å²) in [7, 11) is 0. The predicted molar refractivity (Wildman–Crippen MR) is 31.7 cm³/mol. The summed E-state index contributed by atoms with van der Waals surface area (Å²) < 4.78 is 0. The van der Waals surface area contributed by atoms with Gasteiger partial charge in [-0.3, -0.25) is 0 Å². The monoisotopic (exact) mass is 163 g/mol. The van der Waals surface area contributed by atoms with Gasteiger partial charge in [-0.25, -0.2) is 0 Å². The quantitative estimate of drug-likeness (QED) is 0.597. The van der Waals surface area contributed by atoms with E-state index in [4.69, 9.17) is 5.11 Å². The third-order valence-electron chi connectivity index (χ3n) is 0.756. The summed E-state index contributed by atoms with van der Waals surface area (Å²) in [5.41, 5.74) is 0. The molecule has 0 amide bonds. The predicted octanol–water partition coefficient (Wildman–Crippen LogP) is 0.565. The Bertz CT molecular complexity index is 141. The first-order chi connectivity index (χ1) is 3.39. The van der Waals surface area contributed by atoms with Crippen LogP contribution in [0.2, 0.25) is 0 Å². The van der Waals surface area contributed by atoms with Gasteiger partial charge in [0.1, 0.15) is 5.75 Å². The molecule has 1 aromatic carbocycles. The Morgan fingerprint density at radius 1 is 1.00 bits per heavy atom. The standard InChI is InChI=1S/C6H6O.H2O.V/c7-6-4-2-1-3-5-6;;/h1-5,7H;1H2;. The van der Waals surface area contributed by atoms with E-state index in [0.29, 0.717) is 5.75 Å². The van der Waals surface area contributed by atoms with Crippen LogP contribution in [0.15, 0.2) is 30.3 Å². The van der Waals surface area contributed by atoms with Crippen LogP contribution in [0.5, 0.6) is 5.75 Å². The van der Waals surface area contributed by atoms with Gasteiger partial charge in [-0.2, -0.15) is 0 Å². The molecule has 0 saturated carbocycles. The van der Waals surface area contributed by atoms with Crippen molar-refractivity contribution < 1.29 is 29.1 Å². The third-order valence-corrected chi connectivity index (χ3v) is 0.756. The normalized spacial score (nSPS) is 6.67. The van der Waals surface area contributed by atoms with Gasteiger partial charge in [0.25, 0.3) is 0 Å². The van der Waals surface area contributed by atoms with E-state index in [1.54, 1.807) is 24.3 Å². The van der Waals surface area contributed by atoms with Crippen LogP contribution in [0, 0.1) is 0 Å². The minimum absolute atomic E-state index is 0. The molecule has 3 N–H and O–H groups in total. The number of hydrogen-bond acceptors (Lipinski definition) is 1. The zero-order chi connectivity index (χ0) is 5.11. The van der Waals surface area contributed by atoms with Crippen LogP contribution in [0.1, 0.15) is 0 Å². The molecule has 0 atom stereocenters. The molecule has 0 aliphatic carbocycles. The number of benzene rings is 1. The maximum absolute atomic E-state index is 8.63. The number of para-hydroxylation sites is 1. The van der Waals surface area contributed by atoms with E-state index in [-0.39, 0.29) is 24.0 Å². The number of phenols is 1. The van der Waals surface area contributed by atoms with Gasteiger partial charge in [0.15, 0.2) is 0 Å². The zero-order valence-corrected chi connectivity index (χ0v) is 6.18. The van der Waals surface area contributed by atoms with Gasteiger partial charge in [-0.1, -0.05) is 18.2 Å². The first-order valence-electron chi connectivity index (χ1n) is 2.13. The van der Waals surface area contributed by atoms with Crippen molar-refractivity contribution in [2.45, 2.75) is 0 Å². The van der Waals surface area contributed by atoms with Crippen LogP contribution in [0.4, 0.5) is 0 Å².